The summed E-state index contributed by atoms with van der Waals surface area (Å²) in [7, 11) is 0. The second-order valence-corrected chi connectivity index (χ2v) is 6.48. The summed E-state index contributed by atoms with van der Waals surface area (Å²) in [5.41, 5.74) is 1.41. The number of halogens is 2. The predicted molar refractivity (Wildman–Crippen MR) is 84.1 cm³/mol. The van der Waals surface area contributed by atoms with Crippen LogP contribution in [-0.4, -0.2) is 24.7 Å². The quantitative estimate of drug-likeness (QED) is 0.713. The van der Waals surface area contributed by atoms with Crippen molar-refractivity contribution in [2.24, 2.45) is 0 Å². The van der Waals surface area contributed by atoms with E-state index in [-0.39, 0.29) is 6.04 Å². The van der Waals surface area contributed by atoms with E-state index in [1.807, 2.05) is 4.57 Å². The Morgan fingerprint density at radius 3 is 2.57 bits per heavy atom. The Labute approximate surface area is 135 Å². The first-order chi connectivity index (χ1) is 10.0. The number of hydrogen-bond acceptors (Lipinski definition) is 5. The van der Waals surface area contributed by atoms with Crippen LogP contribution in [0.15, 0.2) is 34.8 Å². The smallest absolute Gasteiger partial charge is 0.197 e. The van der Waals surface area contributed by atoms with Crippen molar-refractivity contribution in [1.29, 1.82) is 0 Å². The highest BCUT2D eigenvalue weighted by atomic mass is 35.5. The van der Waals surface area contributed by atoms with E-state index in [0.717, 1.165) is 10.2 Å². The van der Waals surface area contributed by atoms with Crippen LogP contribution < -0.4 is 0 Å². The third-order valence-corrected chi connectivity index (χ3v) is 4.46. The molecule has 3 rings (SSSR count). The van der Waals surface area contributed by atoms with Crippen molar-refractivity contribution in [3.8, 4) is 0 Å². The number of aromatic nitrogens is 5. The molecule has 0 unspecified atom stereocenters. The lowest BCUT2D eigenvalue weighted by Gasteiger charge is -2.09. The van der Waals surface area contributed by atoms with E-state index in [4.69, 9.17) is 23.2 Å². The third kappa shape index (κ3) is 2.97. The zero-order valence-corrected chi connectivity index (χ0v) is 13.6. The maximum Gasteiger partial charge on any atom is 0.197 e. The molecule has 0 bridgehead atoms. The molecule has 0 atom stereocenters. The number of rotatable bonds is 3. The summed E-state index contributed by atoms with van der Waals surface area (Å²) in [5.74, 6) is 0. The Kier molecular flexibility index (Phi) is 4.01. The van der Waals surface area contributed by atoms with Crippen LogP contribution in [0.2, 0.25) is 10.0 Å². The summed E-state index contributed by atoms with van der Waals surface area (Å²) in [6.07, 6.45) is 3.40. The Balaban J connectivity index is 1.98. The lowest BCUT2D eigenvalue weighted by molar-refractivity contribution is 0.549. The molecule has 2 aromatic heterocycles. The van der Waals surface area contributed by atoms with Gasteiger partial charge in [0.15, 0.2) is 5.16 Å². The molecule has 5 nitrogen and oxygen atoms in total. The van der Waals surface area contributed by atoms with E-state index in [2.05, 4.69) is 34.0 Å². The van der Waals surface area contributed by atoms with Crippen molar-refractivity contribution in [3.05, 3.63) is 34.7 Å². The van der Waals surface area contributed by atoms with Crippen LogP contribution in [0.5, 0.6) is 0 Å². The van der Waals surface area contributed by atoms with E-state index in [0.29, 0.717) is 21.1 Å². The van der Waals surface area contributed by atoms with E-state index >= 15 is 0 Å². The third-order valence-electron chi connectivity index (χ3n) is 2.85. The van der Waals surface area contributed by atoms with Gasteiger partial charge in [-0.15, -0.1) is 10.2 Å². The molecule has 21 heavy (non-hydrogen) atoms. The van der Waals surface area contributed by atoms with Crippen molar-refractivity contribution >= 4 is 46.0 Å². The fraction of sp³-hybridized carbons (Fsp3) is 0.231. The minimum atomic E-state index is 0.282. The Bertz CT molecular complexity index is 802. The minimum absolute atomic E-state index is 0.282. The SMILES string of the molecule is CC(C)n1cnnc1Sc1cnc2cc(Cl)c(Cl)cc2n1. The molecule has 0 aliphatic rings. The molecule has 108 valence electrons. The van der Waals surface area contributed by atoms with Crippen molar-refractivity contribution in [2.45, 2.75) is 30.1 Å². The molecule has 0 fully saturated rings. The molecule has 1 aromatic carbocycles. The summed E-state index contributed by atoms with van der Waals surface area (Å²) in [5, 5.41) is 10.5. The van der Waals surface area contributed by atoms with Crippen LogP contribution >= 0.6 is 35.0 Å². The summed E-state index contributed by atoms with van der Waals surface area (Å²) in [6.45, 7) is 4.14. The van der Waals surface area contributed by atoms with Crippen LogP contribution in [0, 0.1) is 0 Å². The van der Waals surface area contributed by atoms with E-state index < -0.39 is 0 Å². The van der Waals surface area contributed by atoms with Gasteiger partial charge in [-0.1, -0.05) is 23.2 Å². The fourth-order valence-electron chi connectivity index (χ4n) is 1.79. The van der Waals surface area contributed by atoms with Crippen molar-refractivity contribution in [2.75, 3.05) is 0 Å². The Hall–Kier alpha value is -1.37. The molecule has 2 heterocycles. The highest BCUT2D eigenvalue weighted by molar-refractivity contribution is 7.99. The molecule has 0 spiro atoms. The van der Waals surface area contributed by atoms with Crippen molar-refractivity contribution < 1.29 is 0 Å². The average molecular weight is 340 g/mol. The number of benzene rings is 1. The van der Waals surface area contributed by atoms with Crippen LogP contribution in [0.25, 0.3) is 11.0 Å². The van der Waals surface area contributed by atoms with Gasteiger partial charge in [0.25, 0.3) is 0 Å². The second-order valence-electron chi connectivity index (χ2n) is 4.68. The van der Waals surface area contributed by atoms with E-state index in [1.165, 1.54) is 11.8 Å². The Morgan fingerprint density at radius 2 is 1.86 bits per heavy atom. The molecular formula is C13H11Cl2N5S. The number of fused-ring (bicyclic) bond motifs is 1. The molecule has 0 saturated carbocycles. The molecule has 0 amide bonds. The standard InChI is InChI=1S/C13H11Cl2N5S/c1-7(2)20-6-17-19-13(20)21-12-5-16-10-3-8(14)9(15)4-11(10)18-12/h3-7H,1-2H3. The van der Waals surface area contributed by atoms with Crippen molar-refractivity contribution in [3.63, 3.8) is 0 Å². The van der Waals surface area contributed by atoms with E-state index in [9.17, 15) is 0 Å². The minimum Gasteiger partial charge on any atom is -0.306 e. The topological polar surface area (TPSA) is 56.5 Å². The average Bonchev–Trinajstić information content (AvgIpc) is 2.89. The molecule has 3 aromatic rings. The molecule has 0 radical (unpaired) electrons. The lowest BCUT2D eigenvalue weighted by atomic mass is 10.3. The number of hydrogen-bond donors (Lipinski definition) is 0. The Morgan fingerprint density at radius 1 is 1.14 bits per heavy atom. The maximum atomic E-state index is 6.02. The second kappa shape index (κ2) is 5.79. The first-order valence-electron chi connectivity index (χ1n) is 6.24. The summed E-state index contributed by atoms with van der Waals surface area (Å²) in [4.78, 5) is 8.88. The first kappa shape index (κ1) is 14.6. The lowest BCUT2D eigenvalue weighted by Crippen LogP contribution is -2.01. The van der Waals surface area contributed by atoms with Gasteiger partial charge < -0.3 is 4.57 Å². The molecular weight excluding hydrogens is 329 g/mol. The van der Waals surface area contributed by atoms with Crippen LogP contribution in [0.1, 0.15) is 19.9 Å². The van der Waals surface area contributed by atoms with Gasteiger partial charge in [-0.05, 0) is 37.7 Å². The van der Waals surface area contributed by atoms with E-state index in [1.54, 1.807) is 24.7 Å². The normalized spacial score (nSPS) is 11.5. The summed E-state index contributed by atoms with van der Waals surface area (Å²) < 4.78 is 1.98. The monoisotopic (exact) mass is 339 g/mol. The fourth-order valence-corrected chi connectivity index (χ4v) is 3.00. The van der Waals surface area contributed by atoms with Gasteiger partial charge >= 0.3 is 0 Å². The van der Waals surface area contributed by atoms with Gasteiger partial charge in [0.05, 0.1) is 27.3 Å². The van der Waals surface area contributed by atoms with Crippen LogP contribution in [-0.2, 0) is 0 Å². The molecule has 0 aliphatic carbocycles. The van der Waals surface area contributed by atoms with Gasteiger partial charge in [-0.3, -0.25) is 4.98 Å². The van der Waals surface area contributed by atoms with Gasteiger partial charge in [-0.2, -0.15) is 0 Å². The largest absolute Gasteiger partial charge is 0.306 e. The van der Waals surface area contributed by atoms with Gasteiger partial charge in [0.2, 0.25) is 0 Å². The van der Waals surface area contributed by atoms with Gasteiger partial charge in [0.1, 0.15) is 11.4 Å². The molecule has 0 saturated heterocycles. The van der Waals surface area contributed by atoms with Crippen LogP contribution in [0.4, 0.5) is 0 Å². The first-order valence-corrected chi connectivity index (χ1v) is 7.81. The predicted octanol–water partition coefficient (Wildman–Crippen LogP) is 4.26. The molecule has 0 aliphatic heterocycles. The summed E-state index contributed by atoms with van der Waals surface area (Å²) in [6, 6.07) is 3.70. The zero-order valence-electron chi connectivity index (χ0n) is 11.3. The summed E-state index contributed by atoms with van der Waals surface area (Å²) >= 11 is 13.4. The molecule has 0 N–H and O–H groups in total. The van der Waals surface area contributed by atoms with Gasteiger partial charge in [0, 0.05) is 6.04 Å². The van der Waals surface area contributed by atoms with Crippen molar-refractivity contribution in [1.82, 2.24) is 24.7 Å². The zero-order chi connectivity index (χ0) is 15.0. The highest BCUT2D eigenvalue weighted by Crippen LogP contribution is 2.29. The van der Waals surface area contributed by atoms with Gasteiger partial charge in [-0.25, -0.2) is 4.98 Å². The highest BCUT2D eigenvalue weighted by Gasteiger charge is 2.11. The maximum absolute atomic E-state index is 6.02. The van der Waals surface area contributed by atoms with Crippen LogP contribution in [0.3, 0.4) is 0 Å². The molecule has 8 heteroatoms. The number of nitrogens with zero attached hydrogens (tertiary/aromatic N) is 5.